The number of rotatable bonds is 5. The van der Waals surface area contributed by atoms with Crippen molar-refractivity contribution in [3.63, 3.8) is 0 Å². The van der Waals surface area contributed by atoms with E-state index in [1.165, 1.54) is 11.3 Å². The minimum atomic E-state index is -0.151. The number of fused-ring (bicyclic) bond motifs is 1. The number of nitrogens with one attached hydrogen (secondary N) is 1. The molecule has 0 amide bonds. The molecule has 7 heteroatoms. The molecule has 2 aromatic carbocycles. The van der Waals surface area contributed by atoms with E-state index in [0.29, 0.717) is 11.6 Å². The molecule has 1 fully saturated rings. The maximum Gasteiger partial charge on any atom is 0.252 e. The Morgan fingerprint density at radius 1 is 0.912 bits per heavy atom. The molecule has 0 aliphatic carbocycles. The van der Waals surface area contributed by atoms with Crippen LogP contribution >= 0.6 is 0 Å². The van der Waals surface area contributed by atoms with Gasteiger partial charge in [-0.2, -0.15) is 4.98 Å². The Bertz CT molecular complexity index is 1340. The van der Waals surface area contributed by atoms with Gasteiger partial charge in [0.25, 0.3) is 5.56 Å². The number of likely N-dealkylation sites (N-methyl/N-ethyl adjacent to an activating group) is 1. The third kappa shape index (κ3) is 4.52. The van der Waals surface area contributed by atoms with Gasteiger partial charge in [-0.1, -0.05) is 29.8 Å². The Morgan fingerprint density at radius 2 is 1.62 bits per heavy atom. The van der Waals surface area contributed by atoms with E-state index in [9.17, 15) is 4.79 Å². The van der Waals surface area contributed by atoms with Gasteiger partial charge in [0.15, 0.2) is 0 Å². The van der Waals surface area contributed by atoms with E-state index < -0.39 is 0 Å². The zero-order valence-corrected chi connectivity index (χ0v) is 19.9. The summed E-state index contributed by atoms with van der Waals surface area (Å²) in [6.45, 7) is 8.31. The summed E-state index contributed by atoms with van der Waals surface area (Å²) in [5.41, 5.74) is 4.92. The largest absolute Gasteiger partial charge is 0.369 e. The molecule has 1 aliphatic heterocycles. The first-order valence-electron chi connectivity index (χ1n) is 11.7. The molecular weight excluding hydrogens is 424 g/mol. The van der Waals surface area contributed by atoms with Crippen LogP contribution in [0.5, 0.6) is 0 Å². The number of benzene rings is 2. The Hall–Kier alpha value is -3.71. The number of aromatic nitrogens is 3. The van der Waals surface area contributed by atoms with Crippen LogP contribution in [0, 0.1) is 6.92 Å². The lowest BCUT2D eigenvalue weighted by Gasteiger charge is -2.34. The maximum absolute atomic E-state index is 12.9. The van der Waals surface area contributed by atoms with Crippen molar-refractivity contribution in [2.24, 2.45) is 0 Å². The molecule has 1 aliphatic rings. The van der Waals surface area contributed by atoms with Crippen LogP contribution in [0.25, 0.3) is 11.0 Å². The van der Waals surface area contributed by atoms with Crippen LogP contribution in [0.3, 0.4) is 0 Å². The van der Waals surface area contributed by atoms with Gasteiger partial charge in [0, 0.05) is 55.2 Å². The number of nitrogens with zero attached hydrogens (tertiary/aromatic N) is 5. The molecule has 1 N–H and O–H groups in total. The topological polar surface area (TPSA) is 66.3 Å². The predicted octanol–water partition coefficient (Wildman–Crippen LogP) is 4.20. The molecule has 1 saturated heterocycles. The molecule has 2 aromatic heterocycles. The molecule has 1 unspecified atom stereocenters. The minimum Gasteiger partial charge on any atom is -0.369 e. The first-order chi connectivity index (χ1) is 16.5. The van der Waals surface area contributed by atoms with Gasteiger partial charge in [0.2, 0.25) is 5.95 Å². The number of anilines is 3. The second kappa shape index (κ2) is 9.27. The summed E-state index contributed by atoms with van der Waals surface area (Å²) in [6.07, 6.45) is 1.76. The summed E-state index contributed by atoms with van der Waals surface area (Å²) in [4.78, 5) is 26.8. The summed E-state index contributed by atoms with van der Waals surface area (Å²) >= 11 is 0. The molecule has 5 rings (SSSR count). The van der Waals surface area contributed by atoms with E-state index in [-0.39, 0.29) is 11.6 Å². The monoisotopic (exact) mass is 454 g/mol. The van der Waals surface area contributed by atoms with Gasteiger partial charge < -0.3 is 15.1 Å². The van der Waals surface area contributed by atoms with Gasteiger partial charge in [0.05, 0.1) is 6.04 Å². The fourth-order valence-electron chi connectivity index (χ4n) is 4.42. The molecule has 0 spiro atoms. The second-order valence-corrected chi connectivity index (χ2v) is 9.06. The van der Waals surface area contributed by atoms with Gasteiger partial charge in [0.1, 0.15) is 5.65 Å². The molecule has 174 valence electrons. The number of hydrogen-bond acceptors (Lipinski definition) is 6. The number of aryl methyl sites for hydroxylation is 1. The van der Waals surface area contributed by atoms with Crippen molar-refractivity contribution in [2.45, 2.75) is 19.9 Å². The average molecular weight is 455 g/mol. The maximum atomic E-state index is 12.9. The van der Waals surface area contributed by atoms with Crippen molar-refractivity contribution in [3.8, 4) is 0 Å². The second-order valence-electron chi connectivity index (χ2n) is 9.06. The Labute approximate surface area is 199 Å². The van der Waals surface area contributed by atoms with E-state index >= 15 is 0 Å². The van der Waals surface area contributed by atoms with Crippen LogP contribution in [-0.4, -0.2) is 52.7 Å². The van der Waals surface area contributed by atoms with Gasteiger partial charge in [-0.25, -0.2) is 4.98 Å². The lowest BCUT2D eigenvalue weighted by molar-refractivity contribution is 0.313. The summed E-state index contributed by atoms with van der Waals surface area (Å²) in [5, 5.41) is 4.13. The van der Waals surface area contributed by atoms with Crippen molar-refractivity contribution in [1.82, 2.24) is 19.4 Å². The van der Waals surface area contributed by atoms with Gasteiger partial charge in [-0.15, -0.1) is 0 Å². The molecule has 1 atom stereocenters. The lowest BCUT2D eigenvalue weighted by Crippen LogP contribution is -2.44. The highest BCUT2D eigenvalue weighted by molar-refractivity contribution is 5.76. The summed E-state index contributed by atoms with van der Waals surface area (Å²) in [7, 11) is 2.16. The molecule has 0 radical (unpaired) electrons. The quantitative estimate of drug-likeness (QED) is 0.487. The van der Waals surface area contributed by atoms with Crippen molar-refractivity contribution in [3.05, 3.63) is 88.3 Å². The van der Waals surface area contributed by atoms with E-state index in [4.69, 9.17) is 4.98 Å². The highest BCUT2D eigenvalue weighted by atomic mass is 16.1. The highest BCUT2D eigenvalue weighted by Gasteiger charge is 2.16. The molecule has 7 nitrogen and oxygen atoms in total. The molecule has 4 aromatic rings. The van der Waals surface area contributed by atoms with E-state index in [2.05, 4.69) is 70.5 Å². The van der Waals surface area contributed by atoms with Crippen molar-refractivity contribution in [1.29, 1.82) is 0 Å². The molecular formula is C27H30N6O. The standard InChI is InChI=1S/C27H30N6O/c1-19-4-6-21(7-5-19)20(2)33-25(34)13-8-22-18-28-27(30-26(22)33)29-23-9-11-24(12-10-23)32-16-14-31(3)15-17-32/h4-13,18,20H,14-17H2,1-3H3,(H,28,29,30). The van der Waals surface area contributed by atoms with E-state index in [1.54, 1.807) is 22.9 Å². The Balaban J connectivity index is 1.42. The first kappa shape index (κ1) is 22.1. The van der Waals surface area contributed by atoms with Crippen LogP contribution in [0.15, 0.2) is 71.7 Å². The van der Waals surface area contributed by atoms with Crippen LogP contribution in [0.1, 0.15) is 24.1 Å². The molecule has 0 bridgehead atoms. The van der Waals surface area contributed by atoms with Crippen LogP contribution in [0.4, 0.5) is 17.3 Å². The summed E-state index contributed by atoms with van der Waals surface area (Å²) in [5.74, 6) is 0.468. The van der Waals surface area contributed by atoms with Gasteiger partial charge in [-0.3, -0.25) is 9.36 Å². The number of piperazine rings is 1. The third-order valence-electron chi connectivity index (χ3n) is 6.61. The Morgan fingerprint density at radius 3 is 2.32 bits per heavy atom. The zero-order valence-electron chi connectivity index (χ0n) is 19.9. The van der Waals surface area contributed by atoms with Crippen molar-refractivity contribution < 1.29 is 0 Å². The predicted molar refractivity (Wildman–Crippen MR) is 138 cm³/mol. The normalized spacial score (nSPS) is 15.4. The SMILES string of the molecule is Cc1ccc(C(C)n2c(=O)ccc3cnc(Nc4ccc(N5CCN(C)CC5)cc4)nc32)cc1. The molecule has 34 heavy (non-hydrogen) atoms. The summed E-state index contributed by atoms with van der Waals surface area (Å²) in [6, 6.07) is 19.8. The van der Waals surface area contributed by atoms with Crippen LogP contribution in [0.2, 0.25) is 0 Å². The number of hydrogen-bond donors (Lipinski definition) is 1. The zero-order chi connectivity index (χ0) is 23.7. The lowest BCUT2D eigenvalue weighted by atomic mass is 10.1. The first-order valence-corrected chi connectivity index (χ1v) is 11.7. The van der Waals surface area contributed by atoms with Crippen LogP contribution < -0.4 is 15.8 Å². The fraction of sp³-hybridized carbons (Fsp3) is 0.296. The molecule has 0 saturated carbocycles. The Kier molecular flexibility index (Phi) is 6.02. The van der Waals surface area contributed by atoms with E-state index in [1.807, 2.05) is 19.1 Å². The van der Waals surface area contributed by atoms with Gasteiger partial charge in [-0.05, 0) is 56.8 Å². The van der Waals surface area contributed by atoms with E-state index in [0.717, 1.165) is 42.8 Å². The van der Waals surface area contributed by atoms with Crippen LogP contribution in [-0.2, 0) is 0 Å². The van der Waals surface area contributed by atoms with Crippen molar-refractivity contribution >= 4 is 28.4 Å². The van der Waals surface area contributed by atoms with Gasteiger partial charge >= 0.3 is 0 Å². The highest BCUT2D eigenvalue weighted by Crippen LogP contribution is 2.24. The van der Waals surface area contributed by atoms with Crippen molar-refractivity contribution in [2.75, 3.05) is 43.4 Å². The third-order valence-corrected chi connectivity index (χ3v) is 6.61. The number of pyridine rings is 1. The smallest absolute Gasteiger partial charge is 0.252 e. The average Bonchev–Trinajstić information content (AvgIpc) is 2.85. The fourth-order valence-corrected chi connectivity index (χ4v) is 4.42. The summed E-state index contributed by atoms with van der Waals surface area (Å²) < 4.78 is 1.74. The molecule has 3 heterocycles. The minimum absolute atomic E-state index is 0.0817.